The maximum absolute atomic E-state index is 4.30. The number of halogens is 1. The van der Waals surface area contributed by atoms with E-state index in [1.165, 1.54) is 25.7 Å². The Balaban J connectivity index is 1.66. The fourth-order valence-corrected chi connectivity index (χ4v) is 2.92. The number of nitrogens with zero attached hydrogens (tertiary/aromatic N) is 3. The highest BCUT2D eigenvalue weighted by atomic mass is 79.9. The SMILES string of the molecule is C=CCN(C)CC#CC1CCC(NCc2ncc(Br)cn2)CC1. The molecule has 1 fully saturated rings. The van der Waals surface area contributed by atoms with E-state index >= 15 is 0 Å². The van der Waals surface area contributed by atoms with Gasteiger partial charge in [0.2, 0.25) is 0 Å². The van der Waals surface area contributed by atoms with E-state index in [-0.39, 0.29) is 0 Å². The first-order chi connectivity index (χ1) is 11.2. The molecule has 1 aliphatic rings. The Hall–Kier alpha value is -1.22. The van der Waals surface area contributed by atoms with Gasteiger partial charge in [-0.05, 0) is 48.7 Å². The van der Waals surface area contributed by atoms with E-state index in [0.29, 0.717) is 12.0 Å². The first kappa shape index (κ1) is 18.1. The molecule has 0 spiro atoms. The second-order valence-electron chi connectivity index (χ2n) is 6.05. The fourth-order valence-electron chi connectivity index (χ4n) is 2.72. The molecular weight excluding hydrogens is 352 g/mol. The van der Waals surface area contributed by atoms with Crippen LogP contribution >= 0.6 is 15.9 Å². The fraction of sp³-hybridized carbons (Fsp3) is 0.556. The third-order valence-electron chi connectivity index (χ3n) is 4.05. The lowest BCUT2D eigenvalue weighted by molar-refractivity contribution is 0.330. The molecular formula is C18H25BrN4. The molecule has 0 aromatic carbocycles. The Morgan fingerprint density at radius 2 is 2.04 bits per heavy atom. The van der Waals surface area contributed by atoms with E-state index in [1.54, 1.807) is 12.4 Å². The van der Waals surface area contributed by atoms with Crippen LogP contribution in [0.3, 0.4) is 0 Å². The first-order valence-corrected chi connectivity index (χ1v) is 8.94. The summed E-state index contributed by atoms with van der Waals surface area (Å²) in [6.45, 7) is 6.20. The molecule has 0 aliphatic heterocycles. The van der Waals surface area contributed by atoms with Crippen LogP contribution in [0.4, 0.5) is 0 Å². The van der Waals surface area contributed by atoms with E-state index in [2.05, 4.69) is 61.6 Å². The molecule has 4 nitrogen and oxygen atoms in total. The molecule has 0 saturated heterocycles. The highest BCUT2D eigenvalue weighted by Crippen LogP contribution is 2.23. The van der Waals surface area contributed by atoms with Crippen LogP contribution < -0.4 is 5.32 Å². The van der Waals surface area contributed by atoms with Gasteiger partial charge < -0.3 is 5.32 Å². The number of nitrogens with one attached hydrogen (secondary N) is 1. The molecule has 0 radical (unpaired) electrons. The Kier molecular flexibility index (Phi) is 7.73. The van der Waals surface area contributed by atoms with Crippen molar-refractivity contribution in [2.75, 3.05) is 20.1 Å². The van der Waals surface area contributed by atoms with Crippen LogP contribution in [0.5, 0.6) is 0 Å². The third-order valence-corrected chi connectivity index (χ3v) is 4.46. The van der Waals surface area contributed by atoms with Crippen LogP contribution in [0.25, 0.3) is 0 Å². The minimum Gasteiger partial charge on any atom is -0.307 e. The second-order valence-corrected chi connectivity index (χ2v) is 6.97. The molecule has 1 N–H and O–H groups in total. The topological polar surface area (TPSA) is 41.0 Å². The van der Waals surface area contributed by atoms with Crippen molar-refractivity contribution in [2.24, 2.45) is 5.92 Å². The van der Waals surface area contributed by atoms with Crippen molar-refractivity contribution in [3.05, 3.63) is 35.3 Å². The number of hydrogen-bond acceptors (Lipinski definition) is 4. The predicted molar refractivity (Wildman–Crippen MR) is 97.8 cm³/mol. The monoisotopic (exact) mass is 376 g/mol. The van der Waals surface area contributed by atoms with Gasteiger partial charge in [0, 0.05) is 30.9 Å². The summed E-state index contributed by atoms with van der Waals surface area (Å²) in [5, 5.41) is 3.56. The maximum atomic E-state index is 4.30. The minimum atomic E-state index is 0.550. The predicted octanol–water partition coefficient (Wildman–Crippen LogP) is 3.01. The van der Waals surface area contributed by atoms with Crippen LogP contribution in [-0.2, 0) is 6.54 Å². The smallest absolute Gasteiger partial charge is 0.142 e. The van der Waals surface area contributed by atoms with Gasteiger partial charge in [0.05, 0.1) is 17.6 Å². The van der Waals surface area contributed by atoms with Gasteiger partial charge >= 0.3 is 0 Å². The summed E-state index contributed by atoms with van der Waals surface area (Å²) < 4.78 is 0.916. The van der Waals surface area contributed by atoms with Gasteiger partial charge in [0.15, 0.2) is 0 Å². The van der Waals surface area contributed by atoms with Gasteiger partial charge in [0.25, 0.3) is 0 Å². The molecule has 1 saturated carbocycles. The molecule has 2 rings (SSSR count). The van der Waals surface area contributed by atoms with Gasteiger partial charge in [-0.15, -0.1) is 6.58 Å². The van der Waals surface area contributed by atoms with Gasteiger partial charge in [-0.1, -0.05) is 17.9 Å². The van der Waals surface area contributed by atoms with Crippen LogP contribution in [0.2, 0.25) is 0 Å². The molecule has 1 aromatic heterocycles. The highest BCUT2D eigenvalue weighted by molar-refractivity contribution is 9.10. The minimum absolute atomic E-state index is 0.550. The molecule has 23 heavy (non-hydrogen) atoms. The average molecular weight is 377 g/mol. The van der Waals surface area contributed by atoms with Crippen LogP contribution in [0.15, 0.2) is 29.5 Å². The summed E-state index contributed by atoms with van der Waals surface area (Å²) in [7, 11) is 2.07. The molecule has 0 bridgehead atoms. The van der Waals surface area contributed by atoms with Crippen LogP contribution in [0, 0.1) is 17.8 Å². The number of rotatable bonds is 6. The Labute approximate surface area is 147 Å². The largest absolute Gasteiger partial charge is 0.307 e. The lowest BCUT2D eigenvalue weighted by atomic mass is 9.86. The van der Waals surface area contributed by atoms with E-state index in [0.717, 1.165) is 29.9 Å². The number of aromatic nitrogens is 2. The summed E-state index contributed by atoms with van der Waals surface area (Å²) in [5.41, 5.74) is 0. The molecule has 0 unspecified atom stereocenters. The zero-order chi connectivity index (χ0) is 16.5. The van der Waals surface area contributed by atoms with Crippen LogP contribution in [0.1, 0.15) is 31.5 Å². The summed E-state index contributed by atoms with van der Waals surface area (Å²) in [6.07, 6.45) is 10.2. The van der Waals surface area contributed by atoms with Crippen molar-refractivity contribution < 1.29 is 0 Å². The summed E-state index contributed by atoms with van der Waals surface area (Å²) in [6, 6.07) is 0.559. The zero-order valence-corrected chi connectivity index (χ0v) is 15.3. The average Bonchev–Trinajstić information content (AvgIpc) is 2.56. The zero-order valence-electron chi connectivity index (χ0n) is 13.8. The molecule has 0 atom stereocenters. The number of hydrogen-bond donors (Lipinski definition) is 1. The highest BCUT2D eigenvalue weighted by Gasteiger charge is 2.19. The Morgan fingerprint density at radius 3 is 2.70 bits per heavy atom. The lowest BCUT2D eigenvalue weighted by Gasteiger charge is -2.26. The number of likely N-dealkylation sites (N-methyl/N-ethyl adjacent to an activating group) is 1. The molecule has 0 amide bonds. The lowest BCUT2D eigenvalue weighted by Crippen LogP contribution is -2.33. The quantitative estimate of drug-likeness (QED) is 0.611. The van der Waals surface area contributed by atoms with E-state index in [1.807, 2.05) is 6.08 Å². The van der Waals surface area contributed by atoms with E-state index < -0.39 is 0 Å². The maximum Gasteiger partial charge on any atom is 0.142 e. The van der Waals surface area contributed by atoms with Crippen molar-refractivity contribution in [3.8, 4) is 11.8 Å². The molecule has 5 heteroatoms. The van der Waals surface area contributed by atoms with Gasteiger partial charge in [-0.2, -0.15) is 0 Å². The van der Waals surface area contributed by atoms with Gasteiger partial charge in [-0.25, -0.2) is 9.97 Å². The van der Waals surface area contributed by atoms with Crippen molar-refractivity contribution in [3.63, 3.8) is 0 Å². The second kappa shape index (κ2) is 9.82. The normalized spacial score (nSPS) is 20.8. The van der Waals surface area contributed by atoms with E-state index in [4.69, 9.17) is 0 Å². The summed E-state index contributed by atoms with van der Waals surface area (Å²) >= 11 is 3.35. The van der Waals surface area contributed by atoms with Gasteiger partial charge in [-0.3, -0.25) is 4.90 Å². The Morgan fingerprint density at radius 1 is 1.35 bits per heavy atom. The molecule has 1 aliphatic carbocycles. The van der Waals surface area contributed by atoms with Crippen molar-refractivity contribution >= 4 is 15.9 Å². The Bertz CT molecular complexity index is 538. The van der Waals surface area contributed by atoms with Crippen LogP contribution in [-0.4, -0.2) is 41.0 Å². The summed E-state index contributed by atoms with van der Waals surface area (Å²) in [4.78, 5) is 10.8. The molecule has 1 heterocycles. The van der Waals surface area contributed by atoms with Gasteiger partial charge in [0.1, 0.15) is 5.82 Å². The van der Waals surface area contributed by atoms with E-state index in [9.17, 15) is 0 Å². The third kappa shape index (κ3) is 6.82. The van der Waals surface area contributed by atoms with Crippen molar-refractivity contribution in [2.45, 2.75) is 38.3 Å². The molecule has 124 valence electrons. The van der Waals surface area contributed by atoms with Crippen molar-refractivity contribution in [1.82, 2.24) is 20.2 Å². The standard InChI is InChI=1S/C18H25BrN4/c1-3-10-23(2)11-4-5-15-6-8-17(9-7-15)20-14-18-21-12-16(19)13-22-18/h3,12-13,15,17,20H,1,6-11,14H2,2H3. The molecule has 1 aromatic rings. The first-order valence-electron chi connectivity index (χ1n) is 8.15. The summed E-state index contributed by atoms with van der Waals surface area (Å²) in [5.74, 6) is 8.13. The van der Waals surface area contributed by atoms with Crippen molar-refractivity contribution in [1.29, 1.82) is 0 Å².